The Morgan fingerprint density at radius 2 is 0.741 bits per heavy atom. The van der Waals surface area contributed by atoms with Crippen LogP contribution in [-0.4, -0.2) is 105 Å². The molecule has 8 aromatic rings. The van der Waals surface area contributed by atoms with Crippen LogP contribution >= 0.6 is 0 Å². The van der Waals surface area contributed by atoms with Gasteiger partial charge in [-0.25, -0.2) is 4.39 Å². The van der Waals surface area contributed by atoms with Crippen LogP contribution in [0.1, 0.15) is 38.9 Å². The van der Waals surface area contributed by atoms with Gasteiger partial charge < -0.3 is 48.0 Å². The molecule has 2 unspecified atom stereocenters. The molecule has 0 aliphatic carbocycles. The molecule has 0 amide bonds. The maximum Gasteiger partial charge on any atom is 0.416 e. The number of anilines is 4. The van der Waals surface area contributed by atoms with E-state index in [1.807, 2.05) is 36.4 Å². The van der Waals surface area contributed by atoms with Crippen molar-refractivity contribution < 1.29 is 46.0 Å². The summed E-state index contributed by atoms with van der Waals surface area (Å²) in [6.45, 7) is 12.1. The number of benzene rings is 8. The number of alkyl halides is 3. The number of rotatable bonds is 8. The van der Waals surface area contributed by atoms with Gasteiger partial charge in [-0.3, -0.25) is 0 Å². The van der Waals surface area contributed by atoms with Crippen LogP contribution in [-0.2, 0) is 36.3 Å². The van der Waals surface area contributed by atoms with E-state index in [1.165, 1.54) is 23.6 Å². The topological polar surface area (TPSA) is 68.3 Å². The van der Waals surface area contributed by atoms with Crippen LogP contribution in [0.4, 0.5) is 40.3 Å². The Bertz CT molecular complexity index is 3610. The van der Waals surface area contributed by atoms with E-state index in [0.29, 0.717) is 51.0 Å². The van der Waals surface area contributed by atoms with Gasteiger partial charge in [0.1, 0.15) is 17.3 Å². The highest BCUT2D eigenvalue weighted by molar-refractivity contribution is 6.03. The summed E-state index contributed by atoms with van der Waals surface area (Å²) in [6, 6.07) is 49.6. The molecule has 14 rings (SSSR count). The molecule has 6 aliphatic rings. The van der Waals surface area contributed by atoms with Crippen LogP contribution in [0.5, 0.6) is 11.5 Å². The van der Waals surface area contributed by atoms with E-state index in [0.717, 1.165) is 150 Å². The molecule has 6 aliphatic heterocycles. The van der Waals surface area contributed by atoms with Crippen molar-refractivity contribution in [3.63, 3.8) is 0 Å². The van der Waals surface area contributed by atoms with Crippen molar-refractivity contribution in [1.82, 2.24) is 0 Å². The zero-order valence-corrected chi connectivity index (χ0v) is 44.9. The smallest absolute Gasteiger partial charge is 0.416 e. The van der Waals surface area contributed by atoms with Crippen LogP contribution in [0.25, 0.3) is 33.7 Å². The highest BCUT2D eigenvalue weighted by Gasteiger charge is 2.41. The minimum Gasteiger partial charge on any atom is -0.473 e. The molecule has 0 aromatic heterocycles. The Labute approximate surface area is 468 Å². The van der Waals surface area contributed by atoms with Crippen molar-refractivity contribution >= 4 is 56.4 Å². The Balaban J connectivity index is 0.000000153. The number of fused-ring (bicyclic) bond motifs is 6. The summed E-state index contributed by atoms with van der Waals surface area (Å²) in [5.74, 6) is 1.20. The van der Waals surface area contributed by atoms with E-state index in [1.54, 1.807) is 12.1 Å². The highest BCUT2D eigenvalue weighted by atomic mass is 19.4. The summed E-state index contributed by atoms with van der Waals surface area (Å²) in [4.78, 5) is 9.28. The number of hydrogen-bond donors (Lipinski definition) is 0. The van der Waals surface area contributed by atoms with Crippen LogP contribution in [0.2, 0.25) is 0 Å². The molecule has 0 radical (unpaired) electrons. The van der Waals surface area contributed by atoms with Crippen LogP contribution in [0, 0.1) is 5.82 Å². The molecule has 10 nitrogen and oxygen atoms in total. The minimum absolute atomic E-state index is 0.285. The van der Waals surface area contributed by atoms with Crippen LogP contribution < -0.4 is 29.1 Å². The molecule has 0 bridgehead atoms. The van der Waals surface area contributed by atoms with E-state index in [4.69, 9.17) is 28.4 Å². The summed E-state index contributed by atoms with van der Waals surface area (Å²) >= 11 is 0. The average Bonchev–Trinajstić information content (AvgIpc) is 3.65. The zero-order valence-electron chi connectivity index (χ0n) is 44.9. The number of morpholine rings is 4. The predicted octanol–water partition coefficient (Wildman–Crippen LogP) is 12.9. The van der Waals surface area contributed by atoms with Gasteiger partial charge in [0.25, 0.3) is 0 Å². The lowest BCUT2D eigenvalue weighted by Crippen LogP contribution is -2.37. The lowest BCUT2D eigenvalue weighted by Gasteiger charge is -2.38. The molecule has 0 N–H and O–H groups in total. The molecule has 8 aromatic carbocycles. The minimum atomic E-state index is -4.42. The Hall–Kier alpha value is -7.88. The SMILES string of the molecule is FC(F)(F)c1ccc(C2(c3ccc(N4CCOCC4)cc3)C=Cc3c(cc(N4CCOCC4)c4ccccc34)O2)cc1.Fc1cccc(C2(c3ccc(N4CCOCC4)cc3)C=Cc3c(cc(N4CCOCC4)c4ccccc34)O2)c1. The molecule has 414 valence electrons. The van der Waals surface area contributed by atoms with Gasteiger partial charge in [-0.05, 0) is 83.6 Å². The van der Waals surface area contributed by atoms with E-state index in [2.05, 4.69) is 123 Å². The third kappa shape index (κ3) is 10.2. The first-order valence-corrected chi connectivity index (χ1v) is 28.0. The summed E-state index contributed by atoms with van der Waals surface area (Å²) < 4.78 is 91.4. The summed E-state index contributed by atoms with van der Waals surface area (Å²) in [6.07, 6.45) is 3.83. The second-order valence-corrected chi connectivity index (χ2v) is 21.1. The quantitative estimate of drug-likeness (QED) is 0.137. The lowest BCUT2D eigenvalue weighted by atomic mass is 9.82. The number of halogens is 4. The molecule has 81 heavy (non-hydrogen) atoms. The van der Waals surface area contributed by atoms with Gasteiger partial charge in [-0.1, -0.05) is 97.1 Å². The van der Waals surface area contributed by atoms with Crippen molar-refractivity contribution in [3.05, 3.63) is 215 Å². The monoisotopic (exact) mass is 1090 g/mol. The van der Waals surface area contributed by atoms with Gasteiger partial charge in [0, 0.05) is 131 Å². The second kappa shape index (κ2) is 22.2. The summed E-state index contributed by atoms with van der Waals surface area (Å²) in [5, 5.41) is 4.53. The maximum absolute atomic E-state index is 14.6. The predicted molar refractivity (Wildman–Crippen MR) is 312 cm³/mol. The standard InChI is InChI=1S/C34H31F3N2O3.C33H31FN2O3/c35-34(36,37)26-7-5-24(6-8-26)33(25-9-11-27(12-10-25)38-15-19-40-20-16-38)14-13-30-28-3-1-2-4-29(28)31(23-32(30)42-33)39-17-21-41-22-18-39;34-26-5-3-4-25(22-26)33(24-8-10-27(11-9-24)35-14-18-37-19-15-35)13-12-30-28-6-1-2-7-29(28)31(23-32(30)39-33)36-16-20-38-21-17-36/h1-14,23H,15-22H2;1-13,22-23H,14-21H2. The van der Waals surface area contributed by atoms with Crippen molar-refractivity contribution in [1.29, 1.82) is 0 Å². The first-order valence-electron chi connectivity index (χ1n) is 28.0. The molecule has 0 saturated carbocycles. The third-order valence-corrected chi connectivity index (χ3v) is 16.5. The molecule has 2 atom stereocenters. The van der Waals surface area contributed by atoms with Crippen LogP contribution in [0.15, 0.2) is 170 Å². The molecular weight excluding hydrogens is 1030 g/mol. The van der Waals surface area contributed by atoms with Gasteiger partial charge >= 0.3 is 6.18 Å². The fourth-order valence-corrected chi connectivity index (χ4v) is 12.2. The number of ether oxygens (including phenoxy) is 6. The van der Waals surface area contributed by atoms with Gasteiger partial charge in [0.05, 0.1) is 58.4 Å². The van der Waals surface area contributed by atoms with E-state index < -0.39 is 22.9 Å². The normalized spacial score (nSPS) is 20.9. The molecule has 4 fully saturated rings. The van der Waals surface area contributed by atoms with Gasteiger partial charge in [0.15, 0.2) is 11.2 Å². The average molecular weight is 1100 g/mol. The first-order chi connectivity index (χ1) is 39.6. The molecule has 14 heteroatoms. The Morgan fingerprint density at radius 3 is 1.14 bits per heavy atom. The van der Waals surface area contributed by atoms with Gasteiger partial charge in [0.2, 0.25) is 0 Å². The zero-order chi connectivity index (χ0) is 55.0. The summed E-state index contributed by atoms with van der Waals surface area (Å²) in [5.41, 5.74) is 6.81. The van der Waals surface area contributed by atoms with Crippen LogP contribution in [0.3, 0.4) is 0 Å². The lowest BCUT2D eigenvalue weighted by molar-refractivity contribution is -0.137. The maximum atomic E-state index is 14.6. The van der Waals surface area contributed by atoms with Gasteiger partial charge in [-0.2, -0.15) is 13.2 Å². The van der Waals surface area contributed by atoms with Gasteiger partial charge in [-0.15, -0.1) is 0 Å². The fraction of sp³-hybridized carbons (Fsp3) is 0.284. The fourth-order valence-electron chi connectivity index (χ4n) is 12.2. The number of nitrogens with zero attached hydrogens (tertiary/aromatic N) is 4. The third-order valence-electron chi connectivity index (χ3n) is 16.5. The van der Waals surface area contributed by atoms with E-state index >= 15 is 0 Å². The summed E-state index contributed by atoms with van der Waals surface area (Å²) in [7, 11) is 0. The second-order valence-electron chi connectivity index (χ2n) is 21.1. The molecular formula is C67H62F4N4O6. The Morgan fingerprint density at radius 1 is 0.370 bits per heavy atom. The van der Waals surface area contributed by atoms with E-state index in [-0.39, 0.29) is 5.82 Å². The van der Waals surface area contributed by atoms with E-state index in [9.17, 15) is 17.6 Å². The largest absolute Gasteiger partial charge is 0.473 e. The van der Waals surface area contributed by atoms with Crippen molar-refractivity contribution in [2.45, 2.75) is 17.4 Å². The molecule has 4 saturated heterocycles. The van der Waals surface area contributed by atoms with Crippen molar-refractivity contribution in [3.8, 4) is 11.5 Å². The molecule has 0 spiro atoms. The number of hydrogen-bond acceptors (Lipinski definition) is 10. The highest BCUT2D eigenvalue weighted by Crippen LogP contribution is 2.49. The van der Waals surface area contributed by atoms with Crippen molar-refractivity contribution in [2.24, 2.45) is 0 Å². The van der Waals surface area contributed by atoms with Crippen molar-refractivity contribution in [2.75, 3.05) is 125 Å². The first kappa shape index (κ1) is 52.5. The Kier molecular flexibility index (Phi) is 14.4. The molecule has 6 heterocycles.